The largest absolute Gasteiger partial charge is 0.508 e. The van der Waals surface area contributed by atoms with Crippen molar-refractivity contribution in [3.63, 3.8) is 0 Å². The molecule has 1 N–H and O–H groups in total. The third kappa shape index (κ3) is 4.65. The zero-order valence-corrected chi connectivity index (χ0v) is 11.2. The van der Waals surface area contributed by atoms with E-state index in [0.717, 1.165) is 5.56 Å². The minimum atomic E-state index is -0.647. The van der Waals surface area contributed by atoms with Gasteiger partial charge in [0.2, 0.25) is 0 Å². The topological polar surface area (TPSA) is 72.8 Å². The molecule has 0 bridgehead atoms. The van der Waals surface area contributed by atoms with E-state index in [9.17, 15) is 9.59 Å². The summed E-state index contributed by atoms with van der Waals surface area (Å²) in [5.41, 5.74) is 1.11. The van der Waals surface area contributed by atoms with Crippen molar-refractivity contribution < 1.29 is 24.2 Å². The normalized spacial score (nSPS) is 9.90. The molecule has 5 nitrogen and oxygen atoms in total. The van der Waals surface area contributed by atoms with Crippen molar-refractivity contribution in [3.8, 4) is 5.75 Å². The van der Waals surface area contributed by atoms with Crippen LogP contribution in [0.4, 0.5) is 0 Å². The molecule has 2 rings (SSSR count). The lowest BCUT2D eigenvalue weighted by Crippen LogP contribution is -2.16. The fourth-order valence-corrected chi connectivity index (χ4v) is 1.59. The van der Waals surface area contributed by atoms with Crippen LogP contribution in [0.1, 0.15) is 15.9 Å². The molecule has 5 heteroatoms. The van der Waals surface area contributed by atoms with E-state index in [-0.39, 0.29) is 17.9 Å². The molecule has 0 spiro atoms. The Morgan fingerprint density at radius 1 is 0.905 bits per heavy atom. The van der Waals surface area contributed by atoms with Crippen LogP contribution >= 0.6 is 0 Å². The highest BCUT2D eigenvalue weighted by atomic mass is 16.6. The number of phenolic OH excluding ortho intramolecular Hbond substituents is 1. The molecule has 0 atom stereocenters. The van der Waals surface area contributed by atoms with Gasteiger partial charge in [0.05, 0.1) is 5.56 Å². The predicted molar refractivity (Wildman–Crippen MR) is 74.6 cm³/mol. The van der Waals surface area contributed by atoms with Crippen LogP contribution in [0.15, 0.2) is 54.6 Å². The summed E-state index contributed by atoms with van der Waals surface area (Å²) < 4.78 is 9.80. The molecule has 0 saturated carbocycles. The second-order valence-electron chi connectivity index (χ2n) is 4.27. The molecule has 0 aliphatic carbocycles. The average molecular weight is 286 g/mol. The number of carbonyl (C=O) groups is 2. The number of aromatic hydroxyl groups is 1. The van der Waals surface area contributed by atoms with Crippen LogP contribution in [0.3, 0.4) is 0 Å². The van der Waals surface area contributed by atoms with E-state index in [1.807, 2.05) is 30.3 Å². The summed E-state index contributed by atoms with van der Waals surface area (Å²) in [4.78, 5) is 23.1. The third-order valence-corrected chi connectivity index (χ3v) is 2.67. The highest BCUT2D eigenvalue weighted by molar-refractivity contribution is 5.90. The quantitative estimate of drug-likeness (QED) is 0.854. The van der Waals surface area contributed by atoms with Crippen molar-refractivity contribution in [2.75, 3.05) is 6.61 Å². The zero-order chi connectivity index (χ0) is 15.1. The number of hydrogen-bond acceptors (Lipinski definition) is 5. The molecule has 21 heavy (non-hydrogen) atoms. The van der Waals surface area contributed by atoms with Crippen LogP contribution in [0, 0.1) is 0 Å². The van der Waals surface area contributed by atoms with Crippen molar-refractivity contribution >= 4 is 11.9 Å². The Morgan fingerprint density at radius 3 is 2.24 bits per heavy atom. The molecule has 0 amide bonds. The average Bonchev–Trinajstić information content (AvgIpc) is 2.52. The Labute approximate surface area is 121 Å². The summed E-state index contributed by atoms with van der Waals surface area (Å²) >= 11 is 0. The van der Waals surface area contributed by atoms with Gasteiger partial charge in [0.15, 0.2) is 6.61 Å². The Hall–Kier alpha value is -2.82. The number of phenols is 1. The first-order valence-corrected chi connectivity index (χ1v) is 6.31. The fourth-order valence-electron chi connectivity index (χ4n) is 1.59. The van der Waals surface area contributed by atoms with E-state index < -0.39 is 18.5 Å². The van der Waals surface area contributed by atoms with Gasteiger partial charge in [-0.15, -0.1) is 0 Å². The van der Waals surface area contributed by atoms with Crippen LogP contribution in [0.2, 0.25) is 0 Å². The maximum Gasteiger partial charge on any atom is 0.344 e. The Kier molecular flexibility index (Phi) is 4.93. The molecular weight excluding hydrogens is 272 g/mol. The Balaban J connectivity index is 1.76. The molecule has 108 valence electrons. The smallest absolute Gasteiger partial charge is 0.344 e. The maximum atomic E-state index is 11.6. The summed E-state index contributed by atoms with van der Waals surface area (Å²) in [5.74, 6) is -1.22. The lowest BCUT2D eigenvalue weighted by molar-refractivity contribution is -0.148. The zero-order valence-electron chi connectivity index (χ0n) is 11.2. The molecule has 0 heterocycles. The van der Waals surface area contributed by atoms with Gasteiger partial charge in [-0.05, 0) is 29.8 Å². The van der Waals surface area contributed by atoms with Gasteiger partial charge in [-0.1, -0.05) is 30.3 Å². The lowest BCUT2D eigenvalue weighted by Gasteiger charge is -2.06. The molecule has 0 aliphatic rings. The standard InChI is InChI=1S/C16H14O5/c17-14-8-6-13(7-9-14)16(19)21-11-15(18)20-10-12-4-2-1-3-5-12/h1-9,17H,10-11H2. The number of hydrogen-bond donors (Lipinski definition) is 1. The van der Waals surface area contributed by atoms with E-state index in [1.165, 1.54) is 24.3 Å². The minimum absolute atomic E-state index is 0.0498. The van der Waals surface area contributed by atoms with Gasteiger partial charge < -0.3 is 14.6 Å². The van der Waals surface area contributed by atoms with Crippen LogP contribution in [0.25, 0.3) is 0 Å². The number of rotatable bonds is 5. The first-order valence-electron chi connectivity index (χ1n) is 6.31. The predicted octanol–water partition coefficient (Wildman–Crippen LogP) is 2.29. The van der Waals surface area contributed by atoms with Crippen molar-refractivity contribution in [1.29, 1.82) is 0 Å². The van der Waals surface area contributed by atoms with Gasteiger partial charge in [0, 0.05) is 0 Å². The van der Waals surface area contributed by atoms with Crippen LogP contribution in [0.5, 0.6) is 5.75 Å². The summed E-state index contributed by atoms with van der Waals surface area (Å²) in [7, 11) is 0. The van der Waals surface area contributed by atoms with E-state index in [0.29, 0.717) is 0 Å². The molecule has 0 fully saturated rings. The van der Waals surface area contributed by atoms with E-state index in [2.05, 4.69) is 0 Å². The van der Waals surface area contributed by atoms with Crippen LogP contribution < -0.4 is 0 Å². The first-order chi connectivity index (χ1) is 10.1. The third-order valence-electron chi connectivity index (χ3n) is 2.67. The second kappa shape index (κ2) is 7.09. The monoisotopic (exact) mass is 286 g/mol. The van der Waals surface area contributed by atoms with E-state index in [1.54, 1.807) is 0 Å². The van der Waals surface area contributed by atoms with Gasteiger partial charge in [0.1, 0.15) is 12.4 Å². The number of esters is 2. The number of carbonyl (C=O) groups excluding carboxylic acids is 2. The van der Waals surface area contributed by atoms with E-state index >= 15 is 0 Å². The number of benzene rings is 2. The highest BCUT2D eigenvalue weighted by Crippen LogP contribution is 2.10. The summed E-state index contributed by atoms with van der Waals surface area (Å²) in [5, 5.41) is 9.11. The maximum absolute atomic E-state index is 11.6. The highest BCUT2D eigenvalue weighted by Gasteiger charge is 2.11. The molecule has 0 saturated heterocycles. The molecule has 0 aliphatic heterocycles. The molecule has 0 radical (unpaired) electrons. The summed E-state index contributed by atoms with van der Waals surface area (Å²) in [6, 6.07) is 14.8. The SMILES string of the molecule is O=C(COC(=O)c1ccc(O)cc1)OCc1ccccc1. The van der Waals surface area contributed by atoms with Gasteiger partial charge in [-0.25, -0.2) is 9.59 Å². The molecule has 2 aromatic rings. The van der Waals surface area contributed by atoms with Crippen molar-refractivity contribution in [2.24, 2.45) is 0 Å². The first kappa shape index (κ1) is 14.6. The van der Waals surface area contributed by atoms with Gasteiger partial charge in [-0.3, -0.25) is 0 Å². The molecule has 0 aromatic heterocycles. The fraction of sp³-hybridized carbons (Fsp3) is 0.125. The minimum Gasteiger partial charge on any atom is -0.508 e. The van der Waals surface area contributed by atoms with Crippen molar-refractivity contribution in [2.45, 2.75) is 6.61 Å². The van der Waals surface area contributed by atoms with Crippen molar-refractivity contribution in [1.82, 2.24) is 0 Å². The molecule has 2 aromatic carbocycles. The van der Waals surface area contributed by atoms with Crippen molar-refractivity contribution in [3.05, 3.63) is 65.7 Å². The Bertz CT molecular complexity index is 604. The van der Waals surface area contributed by atoms with E-state index in [4.69, 9.17) is 14.6 Å². The number of ether oxygens (including phenoxy) is 2. The lowest BCUT2D eigenvalue weighted by atomic mass is 10.2. The Morgan fingerprint density at radius 2 is 1.57 bits per heavy atom. The summed E-state index contributed by atoms with van der Waals surface area (Å²) in [6.07, 6.45) is 0. The van der Waals surface area contributed by atoms with Crippen LogP contribution in [-0.2, 0) is 20.9 Å². The molecule has 0 unspecified atom stereocenters. The van der Waals surface area contributed by atoms with Crippen LogP contribution in [-0.4, -0.2) is 23.7 Å². The molecular formula is C16H14O5. The van der Waals surface area contributed by atoms with Gasteiger partial charge >= 0.3 is 11.9 Å². The summed E-state index contributed by atoms with van der Waals surface area (Å²) in [6.45, 7) is -0.316. The van der Waals surface area contributed by atoms with Gasteiger partial charge in [-0.2, -0.15) is 0 Å². The second-order valence-corrected chi connectivity index (χ2v) is 4.27. The van der Waals surface area contributed by atoms with Gasteiger partial charge in [0.25, 0.3) is 0 Å².